The molecule has 0 bridgehead atoms. The number of ether oxygens (including phenoxy) is 1. The minimum Gasteiger partial charge on any atom is -0.465 e. The average Bonchev–Trinajstić information content (AvgIpc) is 2.61. The van der Waals surface area contributed by atoms with Crippen molar-refractivity contribution < 1.29 is 19.2 Å². The summed E-state index contributed by atoms with van der Waals surface area (Å²) >= 11 is 0. The topological polar surface area (TPSA) is 98.5 Å². The van der Waals surface area contributed by atoms with Crippen LogP contribution in [0.3, 0.4) is 0 Å². The number of methoxy groups -OCH3 is 1. The van der Waals surface area contributed by atoms with Gasteiger partial charge in [-0.15, -0.1) is 0 Å². The Morgan fingerprint density at radius 1 is 1.16 bits per heavy atom. The van der Waals surface area contributed by atoms with E-state index >= 15 is 0 Å². The van der Waals surface area contributed by atoms with E-state index in [1.807, 2.05) is 0 Å². The minimum absolute atomic E-state index is 0.0554. The Morgan fingerprint density at radius 3 is 2.44 bits per heavy atom. The van der Waals surface area contributed by atoms with E-state index in [4.69, 9.17) is 0 Å². The van der Waals surface area contributed by atoms with Crippen LogP contribution in [0.1, 0.15) is 21.5 Å². The molecule has 0 aliphatic heterocycles. The first kappa shape index (κ1) is 17.9. The van der Waals surface area contributed by atoms with Crippen molar-refractivity contribution >= 4 is 29.3 Å². The maximum absolute atomic E-state index is 12.0. The Balaban J connectivity index is 2.07. The number of rotatable bonds is 5. The maximum atomic E-state index is 12.0. The first-order valence-corrected chi connectivity index (χ1v) is 7.34. The third-order valence-electron chi connectivity index (χ3n) is 3.52. The molecule has 0 unspecified atom stereocenters. The van der Waals surface area contributed by atoms with Gasteiger partial charge in [-0.25, -0.2) is 4.79 Å². The van der Waals surface area contributed by atoms with E-state index in [1.54, 1.807) is 43.3 Å². The van der Waals surface area contributed by atoms with Gasteiger partial charge in [0.05, 0.1) is 28.8 Å². The molecule has 7 heteroatoms. The van der Waals surface area contributed by atoms with Crippen molar-refractivity contribution in [2.24, 2.45) is 0 Å². The van der Waals surface area contributed by atoms with E-state index in [2.05, 4.69) is 10.1 Å². The van der Waals surface area contributed by atoms with Gasteiger partial charge in [0.15, 0.2) is 0 Å². The van der Waals surface area contributed by atoms with E-state index < -0.39 is 16.8 Å². The Bertz CT molecular complexity index is 841. The predicted octanol–water partition coefficient (Wildman–Crippen LogP) is 3.34. The van der Waals surface area contributed by atoms with Crippen LogP contribution in [0.4, 0.5) is 11.4 Å². The van der Waals surface area contributed by atoms with Crippen LogP contribution < -0.4 is 5.32 Å². The van der Waals surface area contributed by atoms with Gasteiger partial charge in [0, 0.05) is 12.1 Å². The van der Waals surface area contributed by atoms with Crippen LogP contribution in [-0.4, -0.2) is 23.9 Å². The summed E-state index contributed by atoms with van der Waals surface area (Å²) in [6, 6.07) is 11.0. The molecule has 25 heavy (non-hydrogen) atoms. The number of amides is 1. The minimum atomic E-state index is -0.496. The Kier molecular flexibility index (Phi) is 5.62. The summed E-state index contributed by atoms with van der Waals surface area (Å²) in [4.78, 5) is 33.8. The lowest BCUT2D eigenvalue weighted by atomic mass is 10.1. The van der Waals surface area contributed by atoms with Gasteiger partial charge >= 0.3 is 5.97 Å². The summed E-state index contributed by atoms with van der Waals surface area (Å²) in [6.07, 6.45) is 2.88. The number of nitro benzene ring substituents is 1. The summed E-state index contributed by atoms with van der Waals surface area (Å²) in [7, 11) is 1.30. The number of hydrogen-bond acceptors (Lipinski definition) is 5. The molecule has 0 heterocycles. The molecule has 0 saturated carbocycles. The SMILES string of the molecule is COC(=O)c1ccc(/C=C/C(=O)Nc2cccc([N+](=O)[O-])c2C)cc1. The molecule has 2 rings (SSSR count). The summed E-state index contributed by atoms with van der Waals surface area (Å²) in [5.41, 5.74) is 1.84. The third kappa shape index (κ3) is 4.51. The van der Waals surface area contributed by atoms with E-state index in [-0.39, 0.29) is 5.69 Å². The molecule has 0 radical (unpaired) electrons. The highest BCUT2D eigenvalue weighted by atomic mass is 16.6. The third-order valence-corrected chi connectivity index (χ3v) is 3.52. The fourth-order valence-corrected chi connectivity index (χ4v) is 2.15. The number of nitrogens with zero attached hydrogens (tertiary/aromatic N) is 1. The molecule has 0 fully saturated rings. The number of nitro groups is 1. The molecule has 128 valence electrons. The molecular formula is C18H16N2O5. The van der Waals surface area contributed by atoms with Gasteiger partial charge in [-0.05, 0) is 36.8 Å². The normalized spacial score (nSPS) is 10.5. The number of carbonyl (C=O) groups excluding carboxylic acids is 2. The summed E-state index contributed by atoms with van der Waals surface area (Å²) in [5.74, 6) is -0.852. The second-order valence-corrected chi connectivity index (χ2v) is 5.14. The highest BCUT2D eigenvalue weighted by Crippen LogP contribution is 2.25. The van der Waals surface area contributed by atoms with Crippen LogP contribution in [0.25, 0.3) is 6.08 Å². The predicted molar refractivity (Wildman–Crippen MR) is 93.3 cm³/mol. The molecule has 2 aromatic rings. The van der Waals surface area contributed by atoms with Gasteiger partial charge < -0.3 is 10.1 Å². The van der Waals surface area contributed by atoms with Crippen molar-refractivity contribution in [2.45, 2.75) is 6.92 Å². The van der Waals surface area contributed by atoms with Crippen molar-refractivity contribution in [3.8, 4) is 0 Å². The van der Waals surface area contributed by atoms with Crippen LogP contribution in [0.5, 0.6) is 0 Å². The number of benzene rings is 2. The zero-order valence-electron chi connectivity index (χ0n) is 13.7. The molecule has 7 nitrogen and oxygen atoms in total. The van der Waals surface area contributed by atoms with Crippen molar-refractivity contribution in [3.63, 3.8) is 0 Å². The number of nitrogens with one attached hydrogen (secondary N) is 1. The van der Waals surface area contributed by atoms with Crippen LogP contribution in [0, 0.1) is 17.0 Å². The van der Waals surface area contributed by atoms with Gasteiger partial charge in [-0.1, -0.05) is 18.2 Å². The zero-order valence-corrected chi connectivity index (χ0v) is 13.7. The number of anilines is 1. The fourth-order valence-electron chi connectivity index (χ4n) is 2.15. The summed E-state index contributed by atoms with van der Waals surface area (Å²) in [5, 5.41) is 13.5. The lowest BCUT2D eigenvalue weighted by molar-refractivity contribution is -0.385. The van der Waals surface area contributed by atoms with Crippen molar-refractivity contribution in [1.82, 2.24) is 0 Å². The number of esters is 1. The number of hydrogen-bond donors (Lipinski definition) is 1. The molecule has 2 aromatic carbocycles. The lowest BCUT2D eigenvalue weighted by Crippen LogP contribution is -2.09. The van der Waals surface area contributed by atoms with Crippen LogP contribution >= 0.6 is 0 Å². The second-order valence-electron chi connectivity index (χ2n) is 5.14. The van der Waals surface area contributed by atoms with Gasteiger partial charge in [-0.2, -0.15) is 0 Å². The fraction of sp³-hybridized carbons (Fsp3) is 0.111. The lowest BCUT2D eigenvalue weighted by Gasteiger charge is -2.06. The van der Waals surface area contributed by atoms with E-state index in [1.165, 1.54) is 25.3 Å². The molecule has 0 spiro atoms. The summed E-state index contributed by atoms with van der Waals surface area (Å²) in [6.45, 7) is 1.57. The molecule has 1 amide bonds. The van der Waals surface area contributed by atoms with Crippen molar-refractivity contribution in [1.29, 1.82) is 0 Å². The standard InChI is InChI=1S/C18H16N2O5/c1-12-15(4-3-5-16(12)20(23)24)19-17(21)11-8-13-6-9-14(10-7-13)18(22)25-2/h3-11H,1-2H3,(H,19,21)/b11-8+. The van der Waals surface area contributed by atoms with E-state index in [0.717, 1.165) is 5.56 Å². The van der Waals surface area contributed by atoms with Gasteiger partial charge in [0.1, 0.15) is 0 Å². The Morgan fingerprint density at radius 2 is 1.84 bits per heavy atom. The molecule has 0 saturated heterocycles. The van der Waals surface area contributed by atoms with Gasteiger partial charge in [0.2, 0.25) is 5.91 Å². The molecule has 0 aromatic heterocycles. The highest BCUT2D eigenvalue weighted by Gasteiger charge is 2.13. The number of carbonyl (C=O) groups is 2. The van der Waals surface area contributed by atoms with Gasteiger partial charge in [0.25, 0.3) is 5.69 Å². The summed E-state index contributed by atoms with van der Waals surface area (Å²) < 4.78 is 4.61. The quantitative estimate of drug-likeness (QED) is 0.389. The Labute approximate surface area is 144 Å². The molecule has 0 atom stereocenters. The van der Waals surface area contributed by atoms with Gasteiger partial charge in [-0.3, -0.25) is 14.9 Å². The average molecular weight is 340 g/mol. The first-order valence-electron chi connectivity index (χ1n) is 7.34. The van der Waals surface area contributed by atoms with E-state index in [9.17, 15) is 19.7 Å². The van der Waals surface area contributed by atoms with E-state index in [0.29, 0.717) is 16.8 Å². The largest absolute Gasteiger partial charge is 0.465 e. The van der Waals surface area contributed by atoms with Crippen LogP contribution in [0.2, 0.25) is 0 Å². The smallest absolute Gasteiger partial charge is 0.337 e. The Hall–Kier alpha value is -3.48. The molecule has 0 aliphatic carbocycles. The maximum Gasteiger partial charge on any atom is 0.337 e. The highest BCUT2D eigenvalue weighted by molar-refractivity contribution is 6.02. The van der Waals surface area contributed by atoms with Crippen LogP contribution in [-0.2, 0) is 9.53 Å². The molecular weight excluding hydrogens is 324 g/mol. The monoisotopic (exact) mass is 340 g/mol. The zero-order chi connectivity index (χ0) is 18.4. The molecule has 1 N–H and O–H groups in total. The second kappa shape index (κ2) is 7.87. The van der Waals surface area contributed by atoms with Crippen molar-refractivity contribution in [3.05, 3.63) is 75.3 Å². The first-order chi connectivity index (χ1) is 11.9. The van der Waals surface area contributed by atoms with Crippen LogP contribution in [0.15, 0.2) is 48.5 Å². The molecule has 0 aliphatic rings. The van der Waals surface area contributed by atoms with Crippen molar-refractivity contribution in [2.75, 3.05) is 12.4 Å².